The standard InChI is InChI=1S/C12H16N2O3/c1-3-8-14(9-11(15)17-2)12(16)10-6-4-5-7-13-10/h4-7H,3,8-9H2,1-2H3. The summed E-state index contributed by atoms with van der Waals surface area (Å²) in [4.78, 5) is 28.6. The number of methoxy groups -OCH3 is 1. The van der Waals surface area contributed by atoms with Gasteiger partial charge in [-0.15, -0.1) is 0 Å². The van der Waals surface area contributed by atoms with Gasteiger partial charge in [-0.3, -0.25) is 14.6 Å². The molecule has 5 heteroatoms. The number of amides is 1. The summed E-state index contributed by atoms with van der Waals surface area (Å²) in [7, 11) is 1.30. The Hall–Kier alpha value is -1.91. The summed E-state index contributed by atoms with van der Waals surface area (Å²) in [6.07, 6.45) is 2.32. The number of nitrogens with zero attached hydrogens (tertiary/aromatic N) is 2. The molecule has 5 nitrogen and oxygen atoms in total. The summed E-state index contributed by atoms with van der Waals surface area (Å²) in [5.74, 6) is -0.680. The van der Waals surface area contributed by atoms with E-state index in [1.54, 1.807) is 24.4 Å². The van der Waals surface area contributed by atoms with Crippen LogP contribution in [0.5, 0.6) is 0 Å². The normalized spacial score (nSPS) is 9.76. The maximum Gasteiger partial charge on any atom is 0.325 e. The summed E-state index contributed by atoms with van der Waals surface area (Å²) in [6.45, 7) is 2.40. The molecule has 92 valence electrons. The predicted molar refractivity (Wildman–Crippen MR) is 62.4 cm³/mol. The van der Waals surface area contributed by atoms with E-state index in [0.29, 0.717) is 12.2 Å². The molecule has 0 bridgehead atoms. The van der Waals surface area contributed by atoms with Crippen LogP contribution >= 0.6 is 0 Å². The highest BCUT2D eigenvalue weighted by molar-refractivity contribution is 5.94. The Bertz CT molecular complexity index is 379. The van der Waals surface area contributed by atoms with Crippen molar-refractivity contribution in [1.29, 1.82) is 0 Å². The van der Waals surface area contributed by atoms with Crippen molar-refractivity contribution in [3.8, 4) is 0 Å². The van der Waals surface area contributed by atoms with Gasteiger partial charge in [0.25, 0.3) is 5.91 Å². The molecular weight excluding hydrogens is 220 g/mol. The van der Waals surface area contributed by atoms with E-state index in [-0.39, 0.29) is 12.5 Å². The van der Waals surface area contributed by atoms with Crippen LogP contribution in [0.4, 0.5) is 0 Å². The number of rotatable bonds is 5. The molecule has 0 saturated carbocycles. The Morgan fingerprint density at radius 2 is 2.18 bits per heavy atom. The summed E-state index contributed by atoms with van der Waals surface area (Å²) < 4.78 is 4.56. The second-order valence-electron chi connectivity index (χ2n) is 3.52. The second kappa shape index (κ2) is 6.62. The number of carbonyl (C=O) groups excluding carboxylic acids is 2. The van der Waals surface area contributed by atoms with Crippen molar-refractivity contribution in [2.45, 2.75) is 13.3 Å². The van der Waals surface area contributed by atoms with Gasteiger partial charge in [0.2, 0.25) is 0 Å². The van der Waals surface area contributed by atoms with Gasteiger partial charge in [-0.1, -0.05) is 13.0 Å². The van der Waals surface area contributed by atoms with Crippen molar-refractivity contribution in [2.24, 2.45) is 0 Å². The zero-order valence-corrected chi connectivity index (χ0v) is 10.0. The molecule has 0 aromatic carbocycles. The zero-order chi connectivity index (χ0) is 12.7. The highest BCUT2D eigenvalue weighted by Crippen LogP contribution is 2.02. The Balaban J connectivity index is 2.77. The largest absolute Gasteiger partial charge is 0.468 e. The molecule has 0 aliphatic carbocycles. The third kappa shape index (κ3) is 3.86. The summed E-state index contributed by atoms with van der Waals surface area (Å²) in [5, 5.41) is 0. The molecule has 0 spiro atoms. The lowest BCUT2D eigenvalue weighted by atomic mass is 10.3. The van der Waals surface area contributed by atoms with Gasteiger partial charge in [-0.25, -0.2) is 0 Å². The number of esters is 1. The molecule has 1 heterocycles. The van der Waals surface area contributed by atoms with Crippen molar-refractivity contribution in [2.75, 3.05) is 20.2 Å². The van der Waals surface area contributed by atoms with Gasteiger partial charge in [0.05, 0.1) is 7.11 Å². The Morgan fingerprint density at radius 1 is 1.41 bits per heavy atom. The molecule has 17 heavy (non-hydrogen) atoms. The summed E-state index contributed by atoms with van der Waals surface area (Å²) >= 11 is 0. The van der Waals surface area contributed by atoms with Gasteiger partial charge < -0.3 is 9.64 Å². The fraction of sp³-hybridized carbons (Fsp3) is 0.417. The van der Waals surface area contributed by atoms with Crippen LogP contribution in [0.25, 0.3) is 0 Å². The number of hydrogen-bond acceptors (Lipinski definition) is 4. The molecular formula is C12H16N2O3. The molecule has 1 amide bonds. The monoisotopic (exact) mass is 236 g/mol. The van der Waals surface area contributed by atoms with Crippen molar-refractivity contribution in [3.63, 3.8) is 0 Å². The van der Waals surface area contributed by atoms with E-state index in [1.165, 1.54) is 12.0 Å². The quantitative estimate of drug-likeness (QED) is 0.718. The van der Waals surface area contributed by atoms with Gasteiger partial charge in [0, 0.05) is 12.7 Å². The topological polar surface area (TPSA) is 59.5 Å². The van der Waals surface area contributed by atoms with E-state index in [0.717, 1.165) is 6.42 Å². The number of carbonyl (C=O) groups is 2. The van der Waals surface area contributed by atoms with Crippen LogP contribution in [0, 0.1) is 0 Å². The minimum Gasteiger partial charge on any atom is -0.468 e. The van der Waals surface area contributed by atoms with Crippen LogP contribution in [0.2, 0.25) is 0 Å². The van der Waals surface area contributed by atoms with Gasteiger partial charge in [-0.05, 0) is 18.6 Å². The van der Waals surface area contributed by atoms with E-state index in [2.05, 4.69) is 9.72 Å². The average Bonchev–Trinajstić information content (AvgIpc) is 2.38. The maximum atomic E-state index is 12.0. The molecule has 1 aromatic rings. The van der Waals surface area contributed by atoms with Crippen LogP contribution in [-0.2, 0) is 9.53 Å². The highest BCUT2D eigenvalue weighted by Gasteiger charge is 2.18. The lowest BCUT2D eigenvalue weighted by molar-refractivity contribution is -0.141. The number of hydrogen-bond donors (Lipinski definition) is 0. The van der Waals surface area contributed by atoms with Gasteiger partial charge in [0.15, 0.2) is 0 Å². The van der Waals surface area contributed by atoms with Crippen molar-refractivity contribution in [1.82, 2.24) is 9.88 Å². The first-order valence-electron chi connectivity index (χ1n) is 5.46. The molecule has 0 atom stereocenters. The molecule has 0 aliphatic heterocycles. The van der Waals surface area contributed by atoms with Crippen molar-refractivity contribution < 1.29 is 14.3 Å². The lowest BCUT2D eigenvalue weighted by Gasteiger charge is -2.20. The zero-order valence-electron chi connectivity index (χ0n) is 10.0. The smallest absolute Gasteiger partial charge is 0.325 e. The van der Waals surface area contributed by atoms with Crippen molar-refractivity contribution in [3.05, 3.63) is 30.1 Å². The predicted octanol–water partition coefficient (Wildman–Crippen LogP) is 1.11. The number of aromatic nitrogens is 1. The SMILES string of the molecule is CCCN(CC(=O)OC)C(=O)c1ccccn1. The van der Waals surface area contributed by atoms with Gasteiger partial charge >= 0.3 is 5.97 Å². The molecule has 1 aromatic heterocycles. The third-order valence-electron chi connectivity index (χ3n) is 2.21. The highest BCUT2D eigenvalue weighted by atomic mass is 16.5. The first-order chi connectivity index (χ1) is 8.19. The minimum absolute atomic E-state index is 0.0419. The van der Waals surface area contributed by atoms with E-state index in [4.69, 9.17) is 0 Å². The van der Waals surface area contributed by atoms with Crippen LogP contribution in [0.3, 0.4) is 0 Å². The fourth-order valence-electron chi connectivity index (χ4n) is 1.39. The molecule has 0 saturated heterocycles. The van der Waals surface area contributed by atoms with E-state index in [1.807, 2.05) is 6.92 Å². The summed E-state index contributed by atoms with van der Waals surface area (Å²) in [5.41, 5.74) is 0.338. The Morgan fingerprint density at radius 3 is 2.71 bits per heavy atom. The van der Waals surface area contributed by atoms with Crippen LogP contribution in [-0.4, -0.2) is 42.0 Å². The van der Waals surface area contributed by atoms with Crippen molar-refractivity contribution >= 4 is 11.9 Å². The minimum atomic E-state index is -0.428. The van der Waals surface area contributed by atoms with Gasteiger partial charge in [-0.2, -0.15) is 0 Å². The first kappa shape index (κ1) is 13.2. The fourth-order valence-corrected chi connectivity index (χ4v) is 1.39. The molecule has 0 aliphatic rings. The van der Waals surface area contributed by atoms with Crippen LogP contribution < -0.4 is 0 Å². The van der Waals surface area contributed by atoms with E-state index in [9.17, 15) is 9.59 Å². The third-order valence-corrected chi connectivity index (χ3v) is 2.21. The molecule has 0 radical (unpaired) electrons. The molecule has 0 unspecified atom stereocenters. The lowest BCUT2D eigenvalue weighted by Crippen LogP contribution is -2.37. The second-order valence-corrected chi connectivity index (χ2v) is 3.52. The number of pyridine rings is 1. The molecule has 1 rings (SSSR count). The summed E-state index contributed by atoms with van der Waals surface area (Å²) in [6, 6.07) is 5.10. The Kier molecular flexibility index (Phi) is 5.13. The maximum absolute atomic E-state index is 12.0. The Labute approximate surface area is 100 Å². The average molecular weight is 236 g/mol. The van der Waals surface area contributed by atoms with E-state index < -0.39 is 5.97 Å². The van der Waals surface area contributed by atoms with Crippen LogP contribution in [0.15, 0.2) is 24.4 Å². The molecule has 0 fully saturated rings. The first-order valence-corrected chi connectivity index (χ1v) is 5.46. The molecule has 0 N–H and O–H groups in total. The number of ether oxygens (including phenoxy) is 1. The van der Waals surface area contributed by atoms with Gasteiger partial charge in [0.1, 0.15) is 12.2 Å². The van der Waals surface area contributed by atoms with Crippen LogP contribution in [0.1, 0.15) is 23.8 Å². The van der Waals surface area contributed by atoms with E-state index >= 15 is 0 Å².